The largest absolute Gasteiger partial charge is 0.491 e. The molecule has 2 rings (SSSR count). The van der Waals surface area contributed by atoms with Crippen LogP contribution < -0.4 is 15.4 Å². The summed E-state index contributed by atoms with van der Waals surface area (Å²) in [6, 6.07) is 7.88. The first kappa shape index (κ1) is 13.9. The number of carbonyl (C=O) groups excluding carboxylic acids is 1. The van der Waals surface area contributed by atoms with E-state index >= 15 is 0 Å². The number of para-hydroxylation sites is 1. The van der Waals surface area contributed by atoms with E-state index in [0.29, 0.717) is 6.54 Å². The number of benzene rings is 1. The van der Waals surface area contributed by atoms with Gasteiger partial charge in [0.2, 0.25) is 5.91 Å². The number of rotatable bonds is 5. The first-order valence-electron chi connectivity index (χ1n) is 6.92. The van der Waals surface area contributed by atoms with Gasteiger partial charge >= 0.3 is 0 Å². The van der Waals surface area contributed by atoms with Gasteiger partial charge in [-0.2, -0.15) is 0 Å². The molecule has 0 aromatic heterocycles. The molecule has 1 aromatic carbocycles. The summed E-state index contributed by atoms with van der Waals surface area (Å²) in [7, 11) is 0. The van der Waals surface area contributed by atoms with Crippen LogP contribution in [0.15, 0.2) is 24.3 Å². The van der Waals surface area contributed by atoms with Crippen LogP contribution in [0.4, 0.5) is 0 Å². The number of hydrogen-bond acceptors (Lipinski definition) is 3. The monoisotopic (exact) mass is 262 g/mol. The van der Waals surface area contributed by atoms with Gasteiger partial charge in [0.1, 0.15) is 5.75 Å². The van der Waals surface area contributed by atoms with Gasteiger partial charge in [-0.3, -0.25) is 4.79 Å². The third kappa shape index (κ3) is 3.96. The SMILES string of the molecule is CC(C)Oc1ccccc1CNC1CCCNC1=O. The Balaban J connectivity index is 1.96. The van der Waals surface area contributed by atoms with Crippen molar-refractivity contribution in [2.24, 2.45) is 0 Å². The van der Waals surface area contributed by atoms with Crippen molar-refractivity contribution >= 4 is 5.91 Å². The summed E-state index contributed by atoms with van der Waals surface area (Å²) in [6.45, 7) is 5.47. The van der Waals surface area contributed by atoms with Gasteiger partial charge in [-0.25, -0.2) is 0 Å². The van der Waals surface area contributed by atoms with Crippen molar-refractivity contribution in [3.63, 3.8) is 0 Å². The highest BCUT2D eigenvalue weighted by Gasteiger charge is 2.21. The highest BCUT2D eigenvalue weighted by atomic mass is 16.5. The molecule has 1 atom stereocenters. The summed E-state index contributed by atoms with van der Waals surface area (Å²) in [5, 5.41) is 6.19. The van der Waals surface area contributed by atoms with Crippen molar-refractivity contribution in [2.75, 3.05) is 6.54 Å². The van der Waals surface area contributed by atoms with Crippen molar-refractivity contribution in [3.8, 4) is 5.75 Å². The first-order valence-corrected chi connectivity index (χ1v) is 6.92. The Labute approximate surface area is 114 Å². The van der Waals surface area contributed by atoms with E-state index in [1.165, 1.54) is 0 Å². The van der Waals surface area contributed by atoms with Crippen LogP contribution in [0.25, 0.3) is 0 Å². The molecule has 1 aromatic rings. The smallest absolute Gasteiger partial charge is 0.237 e. The summed E-state index contributed by atoms with van der Waals surface area (Å²) in [5.74, 6) is 0.995. The fourth-order valence-corrected chi connectivity index (χ4v) is 2.22. The number of nitrogens with one attached hydrogen (secondary N) is 2. The first-order chi connectivity index (χ1) is 9.16. The van der Waals surface area contributed by atoms with Crippen LogP contribution in [-0.4, -0.2) is 24.6 Å². The van der Waals surface area contributed by atoms with Crippen LogP contribution in [0, 0.1) is 0 Å². The molecular formula is C15H22N2O2. The van der Waals surface area contributed by atoms with Gasteiger partial charge in [-0.15, -0.1) is 0 Å². The molecule has 1 aliphatic rings. The van der Waals surface area contributed by atoms with Gasteiger partial charge in [0.05, 0.1) is 12.1 Å². The molecular weight excluding hydrogens is 240 g/mol. The van der Waals surface area contributed by atoms with E-state index in [9.17, 15) is 4.79 Å². The highest BCUT2D eigenvalue weighted by molar-refractivity contribution is 5.82. The maximum atomic E-state index is 11.7. The number of carbonyl (C=O) groups is 1. The Hall–Kier alpha value is -1.55. The predicted octanol–water partition coefficient (Wildman–Crippen LogP) is 1.84. The van der Waals surface area contributed by atoms with Gasteiger partial charge in [0, 0.05) is 18.7 Å². The van der Waals surface area contributed by atoms with Gasteiger partial charge in [-0.1, -0.05) is 18.2 Å². The molecule has 104 valence electrons. The highest BCUT2D eigenvalue weighted by Crippen LogP contribution is 2.19. The molecule has 0 bridgehead atoms. The van der Waals surface area contributed by atoms with Crippen molar-refractivity contribution in [3.05, 3.63) is 29.8 Å². The van der Waals surface area contributed by atoms with Crippen molar-refractivity contribution in [2.45, 2.75) is 45.4 Å². The second-order valence-electron chi connectivity index (χ2n) is 5.14. The molecule has 0 saturated carbocycles. The van der Waals surface area contributed by atoms with E-state index in [4.69, 9.17) is 4.74 Å². The Morgan fingerprint density at radius 1 is 1.42 bits per heavy atom. The molecule has 4 heteroatoms. The zero-order valence-electron chi connectivity index (χ0n) is 11.6. The second-order valence-corrected chi connectivity index (χ2v) is 5.14. The van der Waals surface area contributed by atoms with Crippen molar-refractivity contribution in [1.82, 2.24) is 10.6 Å². The minimum Gasteiger partial charge on any atom is -0.491 e. The van der Waals surface area contributed by atoms with Crippen molar-refractivity contribution < 1.29 is 9.53 Å². The molecule has 2 N–H and O–H groups in total. The average molecular weight is 262 g/mol. The van der Waals surface area contributed by atoms with Gasteiger partial charge in [0.15, 0.2) is 0 Å². The molecule has 4 nitrogen and oxygen atoms in total. The summed E-state index contributed by atoms with van der Waals surface area (Å²) in [5.41, 5.74) is 1.09. The van der Waals surface area contributed by atoms with E-state index in [1.54, 1.807) is 0 Å². The summed E-state index contributed by atoms with van der Waals surface area (Å²) in [4.78, 5) is 11.7. The van der Waals surface area contributed by atoms with E-state index in [2.05, 4.69) is 10.6 Å². The summed E-state index contributed by atoms with van der Waals surface area (Å²) < 4.78 is 5.77. The van der Waals surface area contributed by atoms with Crippen LogP contribution >= 0.6 is 0 Å². The zero-order chi connectivity index (χ0) is 13.7. The maximum absolute atomic E-state index is 11.7. The predicted molar refractivity (Wildman–Crippen MR) is 75.1 cm³/mol. The fraction of sp³-hybridized carbons (Fsp3) is 0.533. The second kappa shape index (κ2) is 6.57. The molecule has 1 fully saturated rings. The Morgan fingerprint density at radius 3 is 2.95 bits per heavy atom. The van der Waals surface area contributed by atoms with Crippen LogP contribution in [0.1, 0.15) is 32.3 Å². The number of hydrogen-bond donors (Lipinski definition) is 2. The molecule has 0 spiro atoms. The minimum absolute atomic E-state index is 0.0825. The third-order valence-corrected chi connectivity index (χ3v) is 3.16. The normalized spacial score (nSPS) is 19.3. The Kier molecular flexibility index (Phi) is 4.80. The van der Waals surface area contributed by atoms with Crippen LogP contribution in [0.2, 0.25) is 0 Å². The van der Waals surface area contributed by atoms with Crippen LogP contribution in [0.3, 0.4) is 0 Å². The molecule has 1 saturated heterocycles. The summed E-state index contributed by atoms with van der Waals surface area (Å²) >= 11 is 0. The topological polar surface area (TPSA) is 50.4 Å². The average Bonchev–Trinajstić information content (AvgIpc) is 2.39. The Bertz CT molecular complexity index is 432. The quantitative estimate of drug-likeness (QED) is 0.851. The molecule has 1 amide bonds. The Morgan fingerprint density at radius 2 is 2.21 bits per heavy atom. The van der Waals surface area contributed by atoms with Crippen molar-refractivity contribution in [1.29, 1.82) is 0 Å². The molecule has 1 aliphatic heterocycles. The lowest BCUT2D eigenvalue weighted by Gasteiger charge is -2.23. The lowest BCUT2D eigenvalue weighted by atomic mass is 10.1. The molecule has 19 heavy (non-hydrogen) atoms. The standard InChI is InChI=1S/C15H22N2O2/c1-11(2)19-14-8-4-3-6-12(14)10-17-13-7-5-9-16-15(13)18/h3-4,6,8,11,13,17H,5,7,9-10H2,1-2H3,(H,16,18). The van der Waals surface area contributed by atoms with E-state index in [0.717, 1.165) is 30.7 Å². The third-order valence-electron chi connectivity index (χ3n) is 3.16. The lowest BCUT2D eigenvalue weighted by molar-refractivity contribution is -0.124. The number of piperidine rings is 1. The molecule has 0 radical (unpaired) electrons. The van der Waals surface area contributed by atoms with Gasteiger partial charge < -0.3 is 15.4 Å². The fourth-order valence-electron chi connectivity index (χ4n) is 2.22. The van der Waals surface area contributed by atoms with Crippen LogP contribution in [0.5, 0.6) is 5.75 Å². The number of amides is 1. The van der Waals surface area contributed by atoms with E-state index < -0.39 is 0 Å². The number of ether oxygens (including phenoxy) is 1. The zero-order valence-corrected chi connectivity index (χ0v) is 11.6. The van der Waals surface area contributed by atoms with Gasteiger partial charge in [-0.05, 0) is 32.8 Å². The lowest BCUT2D eigenvalue weighted by Crippen LogP contribution is -2.47. The van der Waals surface area contributed by atoms with Gasteiger partial charge in [0.25, 0.3) is 0 Å². The maximum Gasteiger partial charge on any atom is 0.237 e. The van der Waals surface area contributed by atoms with E-state index in [1.807, 2.05) is 38.1 Å². The van der Waals surface area contributed by atoms with E-state index in [-0.39, 0.29) is 18.1 Å². The minimum atomic E-state index is -0.0825. The molecule has 0 aliphatic carbocycles. The summed E-state index contributed by atoms with van der Waals surface area (Å²) in [6.07, 6.45) is 2.09. The van der Waals surface area contributed by atoms with Crippen LogP contribution in [-0.2, 0) is 11.3 Å². The molecule has 1 heterocycles. The molecule has 1 unspecified atom stereocenters.